The van der Waals surface area contributed by atoms with Gasteiger partial charge in [0.15, 0.2) is 0 Å². The van der Waals surface area contributed by atoms with E-state index < -0.39 is 0 Å². The average molecular weight is 130 g/mol. The predicted molar refractivity (Wildman–Crippen MR) is 30.4 cm³/mol. The summed E-state index contributed by atoms with van der Waals surface area (Å²) in [6, 6.07) is 1.83. The van der Waals surface area contributed by atoms with Gasteiger partial charge in [-0.3, -0.25) is 0 Å². The third-order valence-electron chi connectivity index (χ3n) is 0.868. The molecule has 0 bridgehead atoms. The van der Waals surface area contributed by atoms with E-state index in [2.05, 4.69) is 4.98 Å². The van der Waals surface area contributed by atoms with Crippen LogP contribution in [0.1, 0.15) is 0 Å². The quantitative estimate of drug-likeness (QED) is 0.370. The van der Waals surface area contributed by atoms with E-state index >= 15 is 0 Å². The lowest BCUT2D eigenvalue weighted by molar-refractivity contribution is -0.672. The molecule has 0 aromatic carbocycles. The van der Waals surface area contributed by atoms with Gasteiger partial charge in [-0.1, -0.05) is 0 Å². The van der Waals surface area contributed by atoms with Crippen molar-refractivity contribution in [3.8, 4) is 0 Å². The highest BCUT2D eigenvalue weighted by Gasteiger charge is 1.98. The van der Waals surface area contributed by atoms with Gasteiger partial charge in [0.1, 0.15) is 6.20 Å². The van der Waals surface area contributed by atoms with Crippen molar-refractivity contribution in [2.45, 2.75) is 0 Å². The fourth-order valence-corrected chi connectivity index (χ4v) is 0.537. The van der Waals surface area contributed by atoms with Crippen LogP contribution < -0.4 is 4.57 Å². The summed E-state index contributed by atoms with van der Waals surface area (Å²) in [6.45, 7) is 0. The zero-order chi connectivity index (χ0) is 5.98. The Bertz CT molecular complexity index is 167. The van der Waals surface area contributed by atoms with E-state index in [0.29, 0.717) is 5.28 Å². The second-order valence-corrected chi connectivity index (χ2v) is 1.84. The lowest BCUT2D eigenvalue weighted by Gasteiger charge is -1.83. The minimum Gasteiger partial charge on any atom is -0.223 e. The Balaban J connectivity index is 3.13. The van der Waals surface area contributed by atoms with Gasteiger partial charge in [0, 0.05) is 17.7 Å². The van der Waals surface area contributed by atoms with Crippen molar-refractivity contribution in [3.05, 3.63) is 23.7 Å². The van der Waals surface area contributed by atoms with Crippen LogP contribution in [-0.2, 0) is 7.05 Å². The fourth-order valence-electron chi connectivity index (χ4n) is 0.425. The molecule has 0 amide bonds. The molecule has 0 atom stereocenters. The van der Waals surface area contributed by atoms with Crippen molar-refractivity contribution >= 4 is 11.6 Å². The first-order chi connectivity index (χ1) is 3.80. The molecule has 1 aromatic heterocycles. The summed E-state index contributed by atoms with van der Waals surface area (Å²) in [7, 11) is 1.84. The van der Waals surface area contributed by atoms with Gasteiger partial charge in [-0.15, -0.1) is 0 Å². The molecule has 42 valence electrons. The molecule has 0 aliphatic heterocycles. The molecule has 2 nitrogen and oxygen atoms in total. The molecular formula is C5H6ClN2+. The molecule has 0 fully saturated rings. The summed E-state index contributed by atoms with van der Waals surface area (Å²) in [4.78, 5) is 3.81. The van der Waals surface area contributed by atoms with Crippen molar-refractivity contribution in [1.82, 2.24) is 4.98 Å². The Morgan fingerprint density at radius 2 is 2.50 bits per heavy atom. The second kappa shape index (κ2) is 2.09. The van der Waals surface area contributed by atoms with Crippen molar-refractivity contribution in [2.24, 2.45) is 7.05 Å². The van der Waals surface area contributed by atoms with Gasteiger partial charge in [0.2, 0.25) is 0 Å². The standard InChI is InChI=1S/C5H6ClN2/c1-8-4-2-3-7-5(8)6/h2-4H,1H3/q+1. The summed E-state index contributed by atoms with van der Waals surface area (Å²) in [5.41, 5.74) is 0. The molecule has 1 heterocycles. The molecule has 1 rings (SSSR count). The van der Waals surface area contributed by atoms with Crippen molar-refractivity contribution in [2.75, 3.05) is 0 Å². The maximum atomic E-state index is 5.56. The predicted octanol–water partition coefficient (Wildman–Crippen LogP) is 0.559. The number of aromatic nitrogens is 2. The van der Waals surface area contributed by atoms with Gasteiger partial charge >= 0.3 is 5.28 Å². The summed E-state index contributed by atoms with van der Waals surface area (Å²) in [5.74, 6) is 0. The Morgan fingerprint density at radius 3 is 2.88 bits per heavy atom. The minimum absolute atomic E-state index is 0.507. The van der Waals surface area contributed by atoms with Crippen LogP contribution in [0.25, 0.3) is 0 Å². The third kappa shape index (κ3) is 0.954. The molecule has 0 radical (unpaired) electrons. The maximum Gasteiger partial charge on any atom is 0.395 e. The lowest BCUT2D eigenvalue weighted by atomic mass is 10.7. The maximum absolute atomic E-state index is 5.56. The number of nitrogens with zero attached hydrogens (tertiary/aromatic N) is 2. The van der Waals surface area contributed by atoms with Gasteiger partial charge < -0.3 is 0 Å². The molecule has 8 heavy (non-hydrogen) atoms. The number of rotatable bonds is 0. The van der Waals surface area contributed by atoms with E-state index in [0.717, 1.165) is 0 Å². The van der Waals surface area contributed by atoms with E-state index in [1.54, 1.807) is 10.8 Å². The van der Waals surface area contributed by atoms with Crippen molar-refractivity contribution in [3.63, 3.8) is 0 Å². The minimum atomic E-state index is 0.507. The van der Waals surface area contributed by atoms with Crippen LogP contribution in [0, 0.1) is 0 Å². The van der Waals surface area contributed by atoms with Crippen LogP contribution in [-0.4, -0.2) is 4.98 Å². The fraction of sp³-hybridized carbons (Fsp3) is 0.200. The normalized spacial score (nSPS) is 9.25. The molecule has 0 saturated heterocycles. The smallest absolute Gasteiger partial charge is 0.223 e. The Morgan fingerprint density at radius 1 is 1.75 bits per heavy atom. The summed E-state index contributed by atoms with van der Waals surface area (Å²) in [5, 5.41) is 0.507. The van der Waals surface area contributed by atoms with Crippen LogP contribution in [0.5, 0.6) is 0 Å². The zero-order valence-electron chi connectivity index (χ0n) is 4.50. The largest absolute Gasteiger partial charge is 0.395 e. The van der Waals surface area contributed by atoms with Gasteiger partial charge in [0.05, 0.1) is 13.2 Å². The zero-order valence-corrected chi connectivity index (χ0v) is 5.26. The first-order valence-corrected chi connectivity index (χ1v) is 2.64. The van der Waals surface area contributed by atoms with E-state index in [9.17, 15) is 0 Å². The van der Waals surface area contributed by atoms with Crippen LogP contribution in [0.3, 0.4) is 0 Å². The van der Waals surface area contributed by atoms with Gasteiger partial charge in [-0.2, -0.15) is 0 Å². The first-order valence-electron chi connectivity index (χ1n) is 2.27. The highest BCUT2D eigenvalue weighted by molar-refractivity contribution is 6.27. The third-order valence-corrected chi connectivity index (χ3v) is 1.23. The number of aryl methyl sites for hydroxylation is 1. The average Bonchev–Trinajstić information content (AvgIpc) is 1.77. The Kier molecular flexibility index (Phi) is 1.44. The lowest BCUT2D eigenvalue weighted by Crippen LogP contribution is -2.29. The second-order valence-electron chi connectivity index (χ2n) is 1.50. The van der Waals surface area contributed by atoms with Crippen LogP contribution in [0.15, 0.2) is 18.5 Å². The number of hydrogen-bond acceptors (Lipinski definition) is 1. The molecule has 0 aliphatic carbocycles. The summed E-state index contributed by atoms with van der Waals surface area (Å²) in [6.07, 6.45) is 3.50. The topological polar surface area (TPSA) is 16.8 Å². The van der Waals surface area contributed by atoms with Crippen molar-refractivity contribution in [1.29, 1.82) is 0 Å². The monoisotopic (exact) mass is 129 g/mol. The SMILES string of the molecule is C[n+]1cccnc1Cl. The van der Waals surface area contributed by atoms with E-state index in [1.165, 1.54) is 0 Å². The summed E-state index contributed by atoms with van der Waals surface area (Å²) < 4.78 is 1.74. The molecule has 3 heteroatoms. The first kappa shape index (κ1) is 5.51. The van der Waals surface area contributed by atoms with Crippen LogP contribution >= 0.6 is 11.6 Å². The highest BCUT2D eigenvalue weighted by Crippen LogP contribution is 1.89. The van der Waals surface area contributed by atoms with Crippen LogP contribution in [0.2, 0.25) is 5.28 Å². The van der Waals surface area contributed by atoms with E-state index in [1.807, 2.05) is 19.3 Å². The number of halogens is 1. The van der Waals surface area contributed by atoms with Crippen molar-refractivity contribution < 1.29 is 4.57 Å². The Hall–Kier alpha value is -0.630. The number of hydrogen-bond donors (Lipinski definition) is 0. The molecule has 0 unspecified atom stereocenters. The molecule has 0 aliphatic rings. The van der Waals surface area contributed by atoms with E-state index in [4.69, 9.17) is 11.6 Å². The van der Waals surface area contributed by atoms with E-state index in [-0.39, 0.29) is 0 Å². The summed E-state index contributed by atoms with van der Waals surface area (Å²) >= 11 is 5.56. The van der Waals surface area contributed by atoms with Crippen LogP contribution in [0.4, 0.5) is 0 Å². The molecular weight excluding hydrogens is 124 g/mol. The molecule has 1 aromatic rings. The molecule has 0 N–H and O–H groups in total. The van der Waals surface area contributed by atoms with Gasteiger partial charge in [-0.05, 0) is 4.98 Å². The Labute approximate surface area is 52.7 Å². The molecule has 0 spiro atoms. The highest BCUT2D eigenvalue weighted by atomic mass is 35.5. The van der Waals surface area contributed by atoms with Gasteiger partial charge in [-0.25, -0.2) is 4.57 Å². The molecule has 0 saturated carbocycles. The van der Waals surface area contributed by atoms with Gasteiger partial charge in [0.25, 0.3) is 0 Å².